The Labute approximate surface area is 129 Å². The van der Waals surface area contributed by atoms with Crippen molar-refractivity contribution >= 4 is 16.8 Å². The van der Waals surface area contributed by atoms with Crippen LogP contribution in [0.1, 0.15) is 28.5 Å². The zero-order valence-electron chi connectivity index (χ0n) is 12.8. The number of nitrogens with one attached hydrogen (secondary N) is 1. The van der Waals surface area contributed by atoms with Crippen LogP contribution >= 0.6 is 0 Å². The molecule has 0 aliphatic rings. The van der Waals surface area contributed by atoms with E-state index in [2.05, 4.69) is 23.4 Å². The smallest absolute Gasteiger partial charge is 0.251 e. The van der Waals surface area contributed by atoms with Gasteiger partial charge in [-0.05, 0) is 31.5 Å². The van der Waals surface area contributed by atoms with Crippen molar-refractivity contribution in [2.24, 2.45) is 0 Å². The van der Waals surface area contributed by atoms with Gasteiger partial charge in [0.05, 0.1) is 17.8 Å². The van der Waals surface area contributed by atoms with Gasteiger partial charge in [0.2, 0.25) is 0 Å². The first-order valence-corrected chi connectivity index (χ1v) is 7.49. The van der Waals surface area contributed by atoms with Crippen LogP contribution in [0, 0.1) is 6.92 Å². The summed E-state index contributed by atoms with van der Waals surface area (Å²) in [4.78, 5) is 12.3. The lowest BCUT2D eigenvalue weighted by Gasteiger charge is -2.06. The van der Waals surface area contributed by atoms with Crippen molar-refractivity contribution in [1.82, 2.24) is 15.1 Å². The number of hydrogen-bond acceptors (Lipinski definition) is 2. The monoisotopic (exact) mass is 293 g/mol. The second-order valence-corrected chi connectivity index (χ2v) is 5.28. The number of carbonyl (C=O) groups is 1. The minimum absolute atomic E-state index is 0.0618. The average molecular weight is 293 g/mol. The summed E-state index contributed by atoms with van der Waals surface area (Å²) in [6.07, 6.45) is 0. The topological polar surface area (TPSA) is 46.9 Å². The molecular weight excluding hydrogens is 274 g/mol. The minimum atomic E-state index is -0.0618. The molecule has 0 spiro atoms. The summed E-state index contributed by atoms with van der Waals surface area (Å²) in [7, 11) is 0. The second-order valence-electron chi connectivity index (χ2n) is 5.28. The number of carbonyl (C=O) groups excluding carboxylic acids is 1. The number of aromatic nitrogens is 2. The number of fused-ring (bicyclic) bond motifs is 1. The summed E-state index contributed by atoms with van der Waals surface area (Å²) >= 11 is 0. The summed E-state index contributed by atoms with van der Waals surface area (Å²) in [5.41, 5.74) is 3.69. The predicted molar refractivity (Wildman–Crippen MR) is 87.8 cm³/mol. The van der Waals surface area contributed by atoms with E-state index in [4.69, 9.17) is 0 Å². The lowest BCUT2D eigenvalue weighted by atomic mass is 10.1. The number of para-hydroxylation sites is 1. The average Bonchev–Trinajstić information content (AvgIpc) is 2.91. The molecule has 3 aromatic rings. The van der Waals surface area contributed by atoms with Gasteiger partial charge in [-0.3, -0.25) is 9.48 Å². The zero-order valence-corrected chi connectivity index (χ0v) is 12.8. The quantitative estimate of drug-likeness (QED) is 0.802. The molecule has 1 amide bonds. The summed E-state index contributed by atoms with van der Waals surface area (Å²) < 4.78 is 1.96. The summed E-state index contributed by atoms with van der Waals surface area (Å²) in [5.74, 6) is -0.0618. The van der Waals surface area contributed by atoms with Gasteiger partial charge in [0.1, 0.15) is 0 Å². The fourth-order valence-corrected chi connectivity index (χ4v) is 2.65. The van der Waals surface area contributed by atoms with E-state index in [1.807, 2.05) is 54.1 Å². The molecule has 4 heteroatoms. The molecule has 4 nitrogen and oxygen atoms in total. The van der Waals surface area contributed by atoms with Gasteiger partial charge in [0, 0.05) is 17.5 Å². The van der Waals surface area contributed by atoms with Crippen molar-refractivity contribution in [3.05, 3.63) is 65.4 Å². The van der Waals surface area contributed by atoms with Gasteiger partial charge in [0.15, 0.2) is 0 Å². The Bertz CT molecular complexity index is 820. The highest BCUT2D eigenvalue weighted by molar-refractivity contribution is 5.95. The molecular formula is C18H19N3O. The lowest BCUT2D eigenvalue weighted by molar-refractivity contribution is 0.0950. The number of nitrogens with zero attached hydrogens (tertiary/aromatic N) is 2. The van der Waals surface area contributed by atoms with Crippen molar-refractivity contribution < 1.29 is 4.79 Å². The third-order valence-electron chi connectivity index (χ3n) is 3.84. The SMILES string of the molecule is CCn1nc(CNC(=O)c2ccccc2C)c2ccccc21. The van der Waals surface area contributed by atoms with Crippen LogP contribution in [0.5, 0.6) is 0 Å². The Morgan fingerprint density at radius 3 is 2.64 bits per heavy atom. The van der Waals surface area contributed by atoms with E-state index in [0.717, 1.165) is 28.7 Å². The second kappa shape index (κ2) is 6.02. The molecule has 1 aromatic heterocycles. The molecule has 112 valence electrons. The maximum atomic E-state index is 12.3. The van der Waals surface area contributed by atoms with Crippen LogP contribution in [0.25, 0.3) is 10.9 Å². The van der Waals surface area contributed by atoms with Crippen LogP contribution in [0.2, 0.25) is 0 Å². The standard InChI is InChI=1S/C18H19N3O/c1-3-21-17-11-7-6-10-15(17)16(20-21)12-19-18(22)14-9-5-4-8-13(14)2/h4-11H,3,12H2,1-2H3,(H,19,22). The molecule has 0 fully saturated rings. The van der Waals surface area contributed by atoms with E-state index in [-0.39, 0.29) is 5.91 Å². The van der Waals surface area contributed by atoms with Gasteiger partial charge in [-0.15, -0.1) is 0 Å². The molecule has 0 atom stereocenters. The molecule has 0 aliphatic heterocycles. The Hall–Kier alpha value is -2.62. The van der Waals surface area contributed by atoms with Crippen LogP contribution in [0.3, 0.4) is 0 Å². The molecule has 0 saturated carbocycles. The minimum Gasteiger partial charge on any atom is -0.346 e. The maximum absolute atomic E-state index is 12.3. The predicted octanol–water partition coefficient (Wildman–Crippen LogP) is 3.29. The van der Waals surface area contributed by atoms with Crippen LogP contribution in [-0.2, 0) is 13.1 Å². The number of rotatable bonds is 4. The van der Waals surface area contributed by atoms with Crippen molar-refractivity contribution in [1.29, 1.82) is 0 Å². The van der Waals surface area contributed by atoms with E-state index in [1.165, 1.54) is 0 Å². The highest BCUT2D eigenvalue weighted by Crippen LogP contribution is 2.18. The van der Waals surface area contributed by atoms with Crippen molar-refractivity contribution in [3.63, 3.8) is 0 Å². The molecule has 0 aliphatic carbocycles. The van der Waals surface area contributed by atoms with Gasteiger partial charge in [-0.2, -0.15) is 5.10 Å². The van der Waals surface area contributed by atoms with Gasteiger partial charge >= 0.3 is 0 Å². The molecule has 22 heavy (non-hydrogen) atoms. The Morgan fingerprint density at radius 2 is 1.86 bits per heavy atom. The molecule has 0 bridgehead atoms. The van der Waals surface area contributed by atoms with Crippen molar-refractivity contribution in [2.75, 3.05) is 0 Å². The van der Waals surface area contributed by atoms with E-state index in [0.29, 0.717) is 12.1 Å². The van der Waals surface area contributed by atoms with E-state index in [9.17, 15) is 4.79 Å². The van der Waals surface area contributed by atoms with Crippen molar-refractivity contribution in [3.8, 4) is 0 Å². The first-order valence-electron chi connectivity index (χ1n) is 7.49. The highest BCUT2D eigenvalue weighted by atomic mass is 16.1. The molecule has 3 rings (SSSR count). The zero-order chi connectivity index (χ0) is 15.5. The van der Waals surface area contributed by atoms with Crippen LogP contribution in [0.15, 0.2) is 48.5 Å². The van der Waals surface area contributed by atoms with E-state index in [1.54, 1.807) is 0 Å². The molecule has 2 aromatic carbocycles. The number of hydrogen-bond donors (Lipinski definition) is 1. The van der Waals surface area contributed by atoms with E-state index >= 15 is 0 Å². The third-order valence-corrected chi connectivity index (χ3v) is 3.84. The Kier molecular flexibility index (Phi) is 3.92. The summed E-state index contributed by atoms with van der Waals surface area (Å²) in [6.45, 7) is 5.25. The van der Waals surface area contributed by atoms with Gasteiger partial charge in [0.25, 0.3) is 5.91 Å². The summed E-state index contributed by atoms with van der Waals surface area (Å²) in [6, 6.07) is 15.7. The fourth-order valence-electron chi connectivity index (χ4n) is 2.65. The Balaban J connectivity index is 1.83. The summed E-state index contributed by atoms with van der Waals surface area (Å²) in [5, 5.41) is 8.66. The molecule has 0 unspecified atom stereocenters. The molecule has 1 heterocycles. The maximum Gasteiger partial charge on any atom is 0.251 e. The van der Waals surface area contributed by atoms with Crippen molar-refractivity contribution in [2.45, 2.75) is 26.9 Å². The van der Waals surface area contributed by atoms with Gasteiger partial charge in [-0.25, -0.2) is 0 Å². The van der Waals surface area contributed by atoms with E-state index < -0.39 is 0 Å². The van der Waals surface area contributed by atoms with Gasteiger partial charge in [-0.1, -0.05) is 36.4 Å². The van der Waals surface area contributed by atoms with Crippen LogP contribution < -0.4 is 5.32 Å². The Morgan fingerprint density at radius 1 is 1.14 bits per heavy atom. The first kappa shape index (κ1) is 14.3. The number of aryl methyl sites for hydroxylation is 2. The third kappa shape index (κ3) is 2.60. The molecule has 0 saturated heterocycles. The number of amides is 1. The van der Waals surface area contributed by atoms with Gasteiger partial charge < -0.3 is 5.32 Å². The van der Waals surface area contributed by atoms with Crippen LogP contribution in [0.4, 0.5) is 0 Å². The largest absolute Gasteiger partial charge is 0.346 e. The highest BCUT2D eigenvalue weighted by Gasteiger charge is 2.12. The first-order chi connectivity index (χ1) is 10.7. The fraction of sp³-hybridized carbons (Fsp3) is 0.222. The normalized spacial score (nSPS) is 10.8. The van der Waals surface area contributed by atoms with Crippen LogP contribution in [-0.4, -0.2) is 15.7 Å². The molecule has 1 N–H and O–H groups in total. The lowest BCUT2D eigenvalue weighted by Crippen LogP contribution is -2.24. The number of benzene rings is 2. The molecule has 0 radical (unpaired) electrons.